The number of nitrogens with one attached hydrogen (secondary N) is 1. The molecule has 1 fully saturated rings. The fourth-order valence-electron chi connectivity index (χ4n) is 4.09. The third-order valence-electron chi connectivity index (χ3n) is 5.47. The number of alkyl halides is 1. The van der Waals surface area contributed by atoms with Gasteiger partial charge < -0.3 is 0 Å². The van der Waals surface area contributed by atoms with Crippen molar-refractivity contribution >= 4 is 23.0 Å². The molecule has 0 aromatic heterocycles. The standard InChI is InChI=1S/C19H28BIN3O2/c1-12(2)18-19(26)22-15(11-25)8-13-4-5-16(9-17(13)23(18)3)24-7-6-14(10-24)21-20/h4-5,9,12,14-15,18,25H,6-8,10-11H2,1-3H3,(H,22,26)/q-1/t14?,15-,18-/m1/s1. The zero-order valence-electron chi connectivity index (χ0n) is 15.8. The van der Waals surface area contributed by atoms with Gasteiger partial charge in [-0.05, 0) is 0 Å². The van der Waals surface area contributed by atoms with Crippen LogP contribution in [0.1, 0.15) is 25.8 Å². The van der Waals surface area contributed by atoms with Crippen LogP contribution in [0, 0.1) is 5.92 Å². The van der Waals surface area contributed by atoms with Gasteiger partial charge in [-0.15, -0.1) is 0 Å². The van der Waals surface area contributed by atoms with Crippen LogP contribution in [0.2, 0.25) is 0 Å². The van der Waals surface area contributed by atoms with Gasteiger partial charge in [0, 0.05) is 0 Å². The first-order chi connectivity index (χ1) is 12.4. The molecule has 1 unspecified atom stereocenters. The van der Waals surface area contributed by atoms with Gasteiger partial charge in [0.05, 0.1) is 0 Å². The molecule has 2 radical (unpaired) electrons. The molecule has 2 aliphatic heterocycles. The SMILES string of the molecule is [B][I-]C1CCN(c2ccc3c(c2)N(C)[C@H](C(C)C)C(=O)N[C@@H](CO)C3)C1. The predicted molar refractivity (Wildman–Crippen MR) is 103 cm³/mol. The molecule has 0 bridgehead atoms. The minimum absolute atomic E-state index is 0.00766. The molecule has 1 amide bonds. The summed E-state index contributed by atoms with van der Waals surface area (Å²) >= 11 is -0.206. The molecule has 1 saturated heterocycles. The molecular weight excluding hydrogens is 440 g/mol. The van der Waals surface area contributed by atoms with E-state index in [0.29, 0.717) is 10.3 Å². The number of carbonyl (C=O) groups excluding carboxylic acids is 1. The average molecular weight is 468 g/mol. The molecule has 0 aliphatic carbocycles. The quantitative estimate of drug-likeness (QED) is 0.303. The van der Waals surface area contributed by atoms with Crippen LogP contribution in [0.4, 0.5) is 11.4 Å². The van der Waals surface area contributed by atoms with E-state index < -0.39 is 0 Å². The number of likely N-dealkylation sites (N-methyl/N-ethyl adjacent to an activating group) is 1. The van der Waals surface area contributed by atoms with Crippen LogP contribution in [0.15, 0.2) is 18.2 Å². The van der Waals surface area contributed by atoms with Crippen LogP contribution < -0.4 is 36.1 Å². The Morgan fingerprint density at radius 1 is 1.42 bits per heavy atom. The molecule has 7 heteroatoms. The molecule has 2 N–H and O–H groups in total. The van der Waals surface area contributed by atoms with Gasteiger partial charge in [-0.25, -0.2) is 0 Å². The molecule has 1 aromatic carbocycles. The third kappa shape index (κ3) is 3.98. The Hall–Kier alpha value is -0.955. The summed E-state index contributed by atoms with van der Waals surface area (Å²) in [4.78, 5) is 17.3. The van der Waals surface area contributed by atoms with E-state index in [-0.39, 0.29) is 51.5 Å². The average Bonchev–Trinajstić information content (AvgIpc) is 3.09. The number of aliphatic hydroxyl groups is 1. The normalized spacial score (nSPS) is 26.7. The van der Waals surface area contributed by atoms with Crippen molar-refractivity contribution in [2.24, 2.45) is 5.92 Å². The van der Waals surface area contributed by atoms with Gasteiger partial charge >= 0.3 is 168 Å². The van der Waals surface area contributed by atoms with Gasteiger partial charge in [0.2, 0.25) is 0 Å². The van der Waals surface area contributed by atoms with Crippen molar-refractivity contribution in [1.82, 2.24) is 5.32 Å². The number of rotatable bonds is 4. The molecule has 3 atom stereocenters. The van der Waals surface area contributed by atoms with Crippen molar-refractivity contribution in [1.29, 1.82) is 0 Å². The molecule has 0 spiro atoms. The van der Waals surface area contributed by atoms with Gasteiger partial charge in [-0.3, -0.25) is 0 Å². The summed E-state index contributed by atoms with van der Waals surface area (Å²) in [6.45, 7) is 6.18. The number of fused-ring (bicyclic) bond motifs is 1. The first-order valence-corrected chi connectivity index (χ1v) is 11.8. The van der Waals surface area contributed by atoms with E-state index in [0.717, 1.165) is 18.8 Å². The number of hydrogen-bond donors (Lipinski definition) is 2. The summed E-state index contributed by atoms with van der Waals surface area (Å²) in [5.41, 5.74) is 9.42. The Balaban J connectivity index is 1.97. The molecule has 26 heavy (non-hydrogen) atoms. The fourth-order valence-corrected chi connectivity index (χ4v) is 5.43. The first kappa shape index (κ1) is 19.8. The monoisotopic (exact) mass is 468 g/mol. The number of benzene rings is 1. The molecule has 142 valence electrons. The van der Waals surface area contributed by atoms with Crippen molar-refractivity contribution in [2.75, 3.05) is 36.5 Å². The first-order valence-electron chi connectivity index (χ1n) is 9.28. The molecule has 2 aliphatic rings. The number of halogens is 1. The Kier molecular flexibility index (Phi) is 6.38. The number of anilines is 2. The molecule has 5 nitrogen and oxygen atoms in total. The Morgan fingerprint density at radius 3 is 2.81 bits per heavy atom. The van der Waals surface area contributed by atoms with Crippen LogP contribution in [-0.4, -0.2) is 59.5 Å². The Bertz CT molecular complexity index is 658. The van der Waals surface area contributed by atoms with E-state index in [1.807, 2.05) is 7.05 Å². The topological polar surface area (TPSA) is 55.8 Å². The van der Waals surface area contributed by atoms with Crippen LogP contribution in [0.5, 0.6) is 0 Å². The van der Waals surface area contributed by atoms with E-state index in [1.165, 1.54) is 17.7 Å². The van der Waals surface area contributed by atoms with E-state index >= 15 is 0 Å². The summed E-state index contributed by atoms with van der Waals surface area (Å²) in [6.07, 6.45) is 1.82. The maximum absolute atomic E-state index is 12.7. The second-order valence-corrected chi connectivity index (χ2v) is 10.1. The van der Waals surface area contributed by atoms with Gasteiger partial charge in [0.1, 0.15) is 0 Å². The van der Waals surface area contributed by atoms with Crippen molar-refractivity contribution in [3.05, 3.63) is 23.8 Å². The number of amides is 1. The summed E-state index contributed by atoms with van der Waals surface area (Å²) in [6, 6.07) is 6.06. The van der Waals surface area contributed by atoms with Crippen LogP contribution >= 0.6 is 0 Å². The third-order valence-corrected chi connectivity index (χ3v) is 7.51. The number of nitrogens with zero attached hydrogens (tertiary/aromatic N) is 2. The van der Waals surface area contributed by atoms with E-state index in [1.54, 1.807) is 0 Å². The number of hydrogen-bond acceptors (Lipinski definition) is 4. The molecule has 3 rings (SSSR count). The van der Waals surface area contributed by atoms with Crippen molar-refractivity contribution in [3.8, 4) is 0 Å². The molecule has 0 saturated carbocycles. The second kappa shape index (κ2) is 8.38. The summed E-state index contributed by atoms with van der Waals surface area (Å²) < 4.78 is 0.668. The molecule has 2 heterocycles. The van der Waals surface area contributed by atoms with Crippen molar-refractivity contribution < 1.29 is 30.9 Å². The number of carbonyl (C=O) groups is 1. The van der Waals surface area contributed by atoms with Crippen molar-refractivity contribution in [2.45, 2.75) is 42.7 Å². The number of aliphatic hydroxyl groups excluding tert-OH is 1. The minimum atomic E-state index is -0.250. The summed E-state index contributed by atoms with van der Waals surface area (Å²) in [5.74, 6) is 0.166. The molecule has 1 aromatic rings. The van der Waals surface area contributed by atoms with Gasteiger partial charge in [-0.2, -0.15) is 0 Å². The van der Waals surface area contributed by atoms with E-state index in [2.05, 4.69) is 47.2 Å². The Morgan fingerprint density at radius 2 is 2.19 bits per heavy atom. The van der Waals surface area contributed by atoms with E-state index in [9.17, 15) is 9.90 Å². The van der Waals surface area contributed by atoms with Crippen LogP contribution in [0.3, 0.4) is 0 Å². The van der Waals surface area contributed by atoms with Gasteiger partial charge in [-0.1, -0.05) is 0 Å². The fraction of sp³-hybridized carbons (Fsp3) is 0.632. The maximum atomic E-state index is 12.7. The van der Waals surface area contributed by atoms with Crippen LogP contribution in [0.25, 0.3) is 0 Å². The predicted octanol–water partition coefficient (Wildman–Crippen LogP) is -2.07. The van der Waals surface area contributed by atoms with Crippen LogP contribution in [-0.2, 0) is 11.2 Å². The second-order valence-electron chi connectivity index (χ2n) is 7.66. The summed E-state index contributed by atoms with van der Waals surface area (Å²) in [5, 5.41) is 12.7. The van der Waals surface area contributed by atoms with Gasteiger partial charge in [0.15, 0.2) is 0 Å². The van der Waals surface area contributed by atoms with Crippen molar-refractivity contribution in [3.63, 3.8) is 0 Å². The summed E-state index contributed by atoms with van der Waals surface area (Å²) in [7, 11) is 2.00. The van der Waals surface area contributed by atoms with E-state index in [4.69, 9.17) is 5.70 Å². The Labute approximate surface area is 167 Å². The van der Waals surface area contributed by atoms with Gasteiger partial charge in [0.25, 0.3) is 0 Å². The zero-order valence-corrected chi connectivity index (χ0v) is 17.9. The molecular formula is C19H28BIN3O2-. The zero-order chi connectivity index (χ0) is 18.8.